The van der Waals surface area contributed by atoms with Gasteiger partial charge in [0, 0.05) is 13.2 Å². The van der Waals surface area contributed by atoms with Gasteiger partial charge in [0.1, 0.15) is 0 Å². The molecule has 0 spiro atoms. The van der Waals surface area contributed by atoms with Crippen molar-refractivity contribution in [3.63, 3.8) is 0 Å². The van der Waals surface area contributed by atoms with Gasteiger partial charge < -0.3 is 16.2 Å². The highest BCUT2D eigenvalue weighted by atomic mass is 16.3. The summed E-state index contributed by atoms with van der Waals surface area (Å²) in [5, 5.41) is 12.2. The summed E-state index contributed by atoms with van der Waals surface area (Å²) in [5.74, 6) is -0.120. The van der Waals surface area contributed by atoms with Crippen molar-refractivity contribution in [1.82, 2.24) is 5.32 Å². The van der Waals surface area contributed by atoms with Crippen LogP contribution in [0.15, 0.2) is 0 Å². The summed E-state index contributed by atoms with van der Waals surface area (Å²) in [5.41, 5.74) is 5.24. The zero-order valence-corrected chi connectivity index (χ0v) is 7.83. The minimum Gasteiger partial charge on any atom is -0.396 e. The van der Waals surface area contributed by atoms with Gasteiger partial charge in [-0.05, 0) is 31.7 Å². The molecule has 0 aromatic heterocycles. The van der Waals surface area contributed by atoms with E-state index in [1.807, 2.05) is 0 Å². The largest absolute Gasteiger partial charge is 0.396 e. The molecule has 2 atom stereocenters. The maximum atomic E-state index is 11.0. The molecular weight excluding hydrogens is 168 g/mol. The molecule has 1 heterocycles. The van der Waals surface area contributed by atoms with Crippen LogP contribution in [-0.4, -0.2) is 30.7 Å². The number of nitrogens with one attached hydrogen (secondary N) is 1. The lowest BCUT2D eigenvalue weighted by molar-refractivity contribution is -0.122. The molecule has 13 heavy (non-hydrogen) atoms. The van der Waals surface area contributed by atoms with Gasteiger partial charge in [0.05, 0.1) is 5.92 Å². The van der Waals surface area contributed by atoms with Crippen molar-refractivity contribution < 1.29 is 9.90 Å². The van der Waals surface area contributed by atoms with Crippen molar-refractivity contribution in [1.29, 1.82) is 0 Å². The minimum absolute atomic E-state index is 0.113. The highest BCUT2D eigenvalue weighted by molar-refractivity contribution is 5.76. The van der Waals surface area contributed by atoms with Gasteiger partial charge in [-0.1, -0.05) is 0 Å². The number of hydrogen-bond donors (Lipinski definition) is 3. The van der Waals surface area contributed by atoms with Crippen molar-refractivity contribution in [2.24, 2.45) is 17.6 Å². The molecular formula is C9H18N2O2. The fourth-order valence-electron chi connectivity index (χ4n) is 1.78. The third kappa shape index (κ3) is 3.32. The van der Waals surface area contributed by atoms with Crippen molar-refractivity contribution in [2.45, 2.75) is 19.3 Å². The number of carbonyl (C=O) groups is 1. The molecule has 0 aromatic carbocycles. The second-order valence-electron chi connectivity index (χ2n) is 3.73. The van der Waals surface area contributed by atoms with E-state index in [9.17, 15) is 4.79 Å². The predicted molar refractivity (Wildman–Crippen MR) is 50.0 cm³/mol. The predicted octanol–water partition coefficient (Wildman–Crippen LogP) is -0.530. The van der Waals surface area contributed by atoms with Gasteiger partial charge in [0.2, 0.25) is 5.91 Å². The van der Waals surface area contributed by atoms with Gasteiger partial charge in [0.15, 0.2) is 0 Å². The summed E-state index contributed by atoms with van der Waals surface area (Å²) < 4.78 is 0. The lowest BCUT2D eigenvalue weighted by atomic mass is 9.89. The van der Waals surface area contributed by atoms with Crippen LogP contribution in [0.3, 0.4) is 0 Å². The third-order valence-electron chi connectivity index (χ3n) is 2.64. The quantitative estimate of drug-likeness (QED) is 0.542. The lowest BCUT2D eigenvalue weighted by Crippen LogP contribution is -2.37. The Kier molecular flexibility index (Phi) is 4.18. The first-order valence-corrected chi connectivity index (χ1v) is 4.85. The average molecular weight is 186 g/mol. The zero-order valence-electron chi connectivity index (χ0n) is 7.83. The van der Waals surface area contributed by atoms with E-state index < -0.39 is 0 Å². The number of nitrogens with two attached hydrogens (primary N) is 1. The maximum absolute atomic E-state index is 11.0. The van der Waals surface area contributed by atoms with Crippen LogP contribution >= 0.6 is 0 Å². The number of amides is 1. The number of aliphatic hydroxyl groups excluding tert-OH is 1. The number of aliphatic hydroxyl groups is 1. The zero-order chi connectivity index (χ0) is 9.68. The van der Waals surface area contributed by atoms with E-state index in [-0.39, 0.29) is 24.3 Å². The summed E-state index contributed by atoms with van der Waals surface area (Å²) in [6.45, 7) is 1.75. The van der Waals surface area contributed by atoms with E-state index >= 15 is 0 Å². The van der Waals surface area contributed by atoms with Gasteiger partial charge in [-0.3, -0.25) is 4.79 Å². The molecule has 1 fully saturated rings. The second-order valence-corrected chi connectivity index (χ2v) is 3.73. The maximum Gasteiger partial charge on any atom is 0.221 e. The summed E-state index contributed by atoms with van der Waals surface area (Å²) in [4.78, 5) is 11.0. The molecule has 2 unspecified atom stereocenters. The van der Waals surface area contributed by atoms with Crippen LogP contribution in [-0.2, 0) is 4.79 Å². The molecule has 0 aromatic rings. The molecule has 4 heteroatoms. The van der Waals surface area contributed by atoms with Gasteiger partial charge >= 0.3 is 0 Å². The van der Waals surface area contributed by atoms with E-state index in [1.54, 1.807) is 0 Å². The van der Waals surface area contributed by atoms with Gasteiger partial charge in [0.25, 0.3) is 0 Å². The summed E-state index contributed by atoms with van der Waals surface area (Å²) in [6.07, 6.45) is 2.77. The first kappa shape index (κ1) is 10.5. The number of primary amides is 1. The van der Waals surface area contributed by atoms with E-state index in [4.69, 9.17) is 10.8 Å². The molecule has 0 radical (unpaired) electrons. The lowest BCUT2D eigenvalue weighted by Gasteiger charge is -2.23. The second kappa shape index (κ2) is 5.19. The molecule has 76 valence electrons. The van der Waals surface area contributed by atoms with Crippen LogP contribution in [0.4, 0.5) is 0 Å². The first-order chi connectivity index (χ1) is 6.24. The summed E-state index contributed by atoms with van der Waals surface area (Å²) in [6, 6.07) is 0. The fraction of sp³-hybridized carbons (Fsp3) is 0.889. The molecule has 0 saturated carbocycles. The first-order valence-electron chi connectivity index (χ1n) is 4.85. The van der Waals surface area contributed by atoms with Crippen molar-refractivity contribution in [3.8, 4) is 0 Å². The molecule has 0 aliphatic carbocycles. The Hall–Kier alpha value is -0.610. The van der Waals surface area contributed by atoms with Gasteiger partial charge in [-0.2, -0.15) is 0 Å². The molecule has 1 aliphatic rings. The normalized spacial score (nSPS) is 30.5. The van der Waals surface area contributed by atoms with Gasteiger partial charge in [-0.25, -0.2) is 0 Å². The smallest absolute Gasteiger partial charge is 0.221 e. The van der Waals surface area contributed by atoms with E-state index in [0.29, 0.717) is 6.54 Å². The Morgan fingerprint density at radius 1 is 1.62 bits per heavy atom. The molecule has 1 amide bonds. The average Bonchev–Trinajstić information content (AvgIpc) is 2.03. The standard InChI is InChI=1S/C9H18N2O2/c10-9(13)8-4-7(6-12)2-1-3-11-5-8/h7-8,11-12H,1-6H2,(H2,10,13). The van der Waals surface area contributed by atoms with Crippen LogP contribution < -0.4 is 11.1 Å². The van der Waals surface area contributed by atoms with Crippen LogP contribution in [0, 0.1) is 11.8 Å². The molecule has 4 N–H and O–H groups in total. The fourth-order valence-corrected chi connectivity index (χ4v) is 1.78. The monoisotopic (exact) mass is 186 g/mol. The molecule has 1 aliphatic heterocycles. The Morgan fingerprint density at radius 2 is 2.38 bits per heavy atom. The van der Waals surface area contributed by atoms with Crippen molar-refractivity contribution >= 4 is 5.91 Å². The van der Waals surface area contributed by atoms with E-state index in [2.05, 4.69) is 5.32 Å². The highest BCUT2D eigenvalue weighted by Crippen LogP contribution is 2.18. The number of hydrogen-bond acceptors (Lipinski definition) is 3. The molecule has 1 rings (SSSR count). The molecule has 1 saturated heterocycles. The minimum atomic E-state index is -0.257. The van der Waals surface area contributed by atoms with Gasteiger partial charge in [-0.15, -0.1) is 0 Å². The topological polar surface area (TPSA) is 75.4 Å². The third-order valence-corrected chi connectivity index (χ3v) is 2.64. The SMILES string of the molecule is NC(=O)C1CNCCCC(CO)C1. The Bertz CT molecular complexity index is 173. The summed E-state index contributed by atoms with van der Waals surface area (Å²) >= 11 is 0. The summed E-state index contributed by atoms with van der Waals surface area (Å²) in [7, 11) is 0. The van der Waals surface area contributed by atoms with Crippen molar-refractivity contribution in [2.75, 3.05) is 19.7 Å². The molecule has 0 bridgehead atoms. The Balaban J connectivity index is 2.47. The van der Waals surface area contributed by atoms with Crippen LogP contribution in [0.2, 0.25) is 0 Å². The van der Waals surface area contributed by atoms with E-state index in [0.717, 1.165) is 25.8 Å². The van der Waals surface area contributed by atoms with Crippen molar-refractivity contribution in [3.05, 3.63) is 0 Å². The Morgan fingerprint density at radius 3 is 3.00 bits per heavy atom. The van der Waals surface area contributed by atoms with Crippen LogP contribution in [0.25, 0.3) is 0 Å². The molecule has 4 nitrogen and oxygen atoms in total. The highest BCUT2D eigenvalue weighted by Gasteiger charge is 2.21. The van der Waals surface area contributed by atoms with E-state index in [1.165, 1.54) is 0 Å². The van der Waals surface area contributed by atoms with Crippen LogP contribution in [0.5, 0.6) is 0 Å². The Labute approximate surface area is 78.5 Å². The van der Waals surface area contributed by atoms with Crippen LogP contribution in [0.1, 0.15) is 19.3 Å². The number of carbonyl (C=O) groups excluding carboxylic acids is 1. The number of rotatable bonds is 2.